The van der Waals surface area contributed by atoms with Gasteiger partial charge in [0.2, 0.25) is 0 Å². The predicted octanol–water partition coefficient (Wildman–Crippen LogP) is 2.05. The van der Waals surface area contributed by atoms with Gasteiger partial charge in [-0.25, -0.2) is 4.79 Å². The van der Waals surface area contributed by atoms with Gasteiger partial charge < -0.3 is 9.52 Å². The third kappa shape index (κ3) is 1.83. The Labute approximate surface area is 81.1 Å². The first-order valence-corrected chi connectivity index (χ1v) is 4.11. The van der Waals surface area contributed by atoms with Gasteiger partial charge in [0.1, 0.15) is 17.4 Å². The molecule has 0 amide bonds. The average molecular weight is 191 g/mol. The number of hydrogen-bond donors (Lipinski definition) is 1. The lowest BCUT2D eigenvalue weighted by atomic mass is 10.1. The Hall–Kier alpha value is -2.02. The summed E-state index contributed by atoms with van der Waals surface area (Å²) in [6, 6.07) is 5.02. The molecule has 0 fully saturated rings. The van der Waals surface area contributed by atoms with Crippen molar-refractivity contribution < 1.29 is 14.3 Å². The van der Waals surface area contributed by atoms with E-state index in [2.05, 4.69) is 0 Å². The molecule has 1 N–H and O–H groups in total. The molecule has 1 aromatic heterocycles. The van der Waals surface area contributed by atoms with Gasteiger partial charge in [0.05, 0.1) is 11.8 Å². The van der Waals surface area contributed by atoms with E-state index in [0.29, 0.717) is 12.2 Å². The number of carboxylic acid groups (broad SMARTS) is 1. The van der Waals surface area contributed by atoms with Crippen LogP contribution in [0.25, 0.3) is 5.57 Å². The summed E-state index contributed by atoms with van der Waals surface area (Å²) >= 11 is 0. The van der Waals surface area contributed by atoms with Gasteiger partial charge in [-0.1, -0.05) is 6.92 Å². The fraction of sp³-hybridized carbons (Fsp3) is 0.200. The summed E-state index contributed by atoms with van der Waals surface area (Å²) in [4.78, 5) is 10.8. The molecule has 1 aromatic rings. The molecule has 4 heteroatoms. The van der Waals surface area contributed by atoms with E-state index in [9.17, 15) is 4.79 Å². The largest absolute Gasteiger partial charge is 0.478 e. The van der Waals surface area contributed by atoms with E-state index in [0.717, 1.165) is 0 Å². The van der Waals surface area contributed by atoms with Crippen molar-refractivity contribution in [1.29, 1.82) is 5.26 Å². The van der Waals surface area contributed by atoms with Crippen molar-refractivity contribution in [2.24, 2.45) is 0 Å². The second-order valence-electron chi connectivity index (χ2n) is 2.60. The Balaban J connectivity index is 3.26. The summed E-state index contributed by atoms with van der Waals surface area (Å²) in [6.45, 7) is 1.68. The van der Waals surface area contributed by atoms with E-state index in [1.807, 2.05) is 6.07 Å². The number of carbonyl (C=O) groups is 1. The van der Waals surface area contributed by atoms with Gasteiger partial charge in [0, 0.05) is 0 Å². The maximum Gasteiger partial charge on any atom is 0.333 e. The number of rotatable bonds is 3. The maximum atomic E-state index is 10.8. The summed E-state index contributed by atoms with van der Waals surface area (Å²) in [6.07, 6.45) is 1.70. The number of furan rings is 1. The van der Waals surface area contributed by atoms with Crippen LogP contribution < -0.4 is 0 Å². The molecule has 0 bridgehead atoms. The Morgan fingerprint density at radius 2 is 2.43 bits per heavy atom. The first-order valence-electron chi connectivity index (χ1n) is 4.11. The zero-order chi connectivity index (χ0) is 10.6. The van der Waals surface area contributed by atoms with E-state index in [4.69, 9.17) is 14.8 Å². The van der Waals surface area contributed by atoms with Gasteiger partial charge in [-0.05, 0) is 18.6 Å². The van der Waals surface area contributed by atoms with Crippen LogP contribution in [-0.4, -0.2) is 11.1 Å². The van der Waals surface area contributed by atoms with Crippen LogP contribution in [0.5, 0.6) is 0 Å². The molecule has 0 saturated carbocycles. The summed E-state index contributed by atoms with van der Waals surface area (Å²) in [5, 5.41) is 17.6. The summed E-state index contributed by atoms with van der Waals surface area (Å²) in [7, 11) is 0. The van der Waals surface area contributed by atoms with E-state index >= 15 is 0 Å². The molecular formula is C10H9NO3. The van der Waals surface area contributed by atoms with E-state index < -0.39 is 5.97 Å². The van der Waals surface area contributed by atoms with Crippen molar-refractivity contribution in [3.05, 3.63) is 29.7 Å². The topological polar surface area (TPSA) is 74.2 Å². The van der Waals surface area contributed by atoms with Gasteiger partial charge in [-0.3, -0.25) is 0 Å². The van der Waals surface area contributed by atoms with Crippen LogP contribution in [0, 0.1) is 11.3 Å². The molecule has 4 nitrogen and oxygen atoms in total. The third-order valence-corrected chi connectivity index (χ3v) is 1.79. The first kappa shape index (κ1) is 10.1. The number of carboxylic acids is 1. The SMILES string of the molecule is CC/C(C(=O)O)=C(\C#N)c1ccco1. The fourth-order valence-electron chi connectivity index (χ4n) is 1.13. The molecule has 0 atom stereocenters. The van der Waals surface area contributed by atoms with Gasteiger partial charge in [-0.2, -0.15) is 5.26 Å². The quantitative estimate of drug-likeness (QED) is 0.586. The molecule has 0 aromatic carbocycles. The highest BCUT2D eigenvalue weighted by Crippen LogP contribution is 2.20. The smallest absolute Gasteiger partial charge is 0.333 e. The minimum absolute atomic E-state index is 0.0717. The van der Waals surface area contributed by atoms with E-state index in [1.165, 1.54) is 6.26 Å². The highest BCUT2D eigenvalue weighted by Gasteiger charge is 2.15. The minimum atomic E-state index is -1.08. The van der Waals surface area contributed by atoms with Crippen LogP contribution >= 0.6 is 0 Å². The van der Waals surface area contributed by atoms with Gasteiger partial charge in [-0.15, -0.1) is 0 Å². The van der Waals surface area contributed by atoms with E-state index in [1.54, 1.807) is 19.1 Å². The number of allylic oxidation sites excluding steroid dienone is 1. The zero-order valence-electron chi connectivity index (χ0n) is 7.65. The van der Waals surface area contributed by atoms with Crippen molar-refractivity contribution in [3.63, 3.8) is 0 Å². The molecule has 72 valence electrons. The molecule has 0 aliphatic carbocycles. The van der Waals surface area contributed by atoms with Crippen LogP contribution in [0.1, 0.15) is 19.1 Å². The van der Waals surface area contributed by atoms with Crippen LogP contribution in [0.4, 0.5) is 0 Å². The average Bonchev–Trinajstić information content (AvgIpc) is 2.65. The predicted molar refractivity (Wildman–Crippen MR) is 49.2 cm³/mol. The van der Waals surface area contributed by atoms with Gasteiger partial charge >= 0.3 is 5.97 Å². The molecule has 1 heterocycles. The second kappa shape index (κ2) is 4.28. The number of nitriles is 1. The molecule has 1 rings (SSSR count). The van der Waals surface area contributed by atoms with Crippen molar-refractivity contribution in [3.8, 4) is 6.07 Å². The van der Waals surface area contributed by atoms with Crippen LogP contribution in [0.15, 0.2) is 28.4 Å². The van der Waals surface area contributed by atoms with Crippen molar-refractivity contribution in [1.82, 2.24) is 0 Å². The summed E-state index contributed by atoms with van der Waals surface area (Å²) in [5.74, 6) is -0.785. The van der Waals surface area contributed by atoms with Crippen molar-refractivity contribution >= 4 is 11.5 Å². The molecular weight excluding hydrogens is 182 g/mol. The Bertz CT molecular complexity index is 396. The monoisotopic (exact) mass is 191 g/mol. The normalized spacial score (nSPS) is 11.7. The van der Waals surface area contributed by atoms with Crippen molar-refractivity contribution in [2.75, 3.05) is 0 Å². The lowest BCUT2D eigenvalue weighted by Crippen LogP contribution is -2.02. The highest BCUT2D eigenvalue weighted by molar-refractivity contribution is 5.99. The minimum Gasteiger partial charge on any atom is -0.478 e. The van der Waals surface area contributed by atoms with Crippen LogP contribution in [0.3, 0.4) is 0 Å². The second-order valence-corrected chi connectivity index (χ2v) is 2.60. The number of hydrogen-bond acceptors (Lipinski definition) is 3. The number of aliphatic carboxylic acids is 1. The molecule has 0 saturated heterocycles. The number of nitrogens with zero attached hydrogens (tertiary/aromatic N) is 1. The molecule has 14 heavy (non-hydrogen) atoms. The molecule has 0 aliphatic heterocycles. The van der Waals surface area contributed by atoms with Gasteiger partial charge in [0.15, 0.2) is 0 Å². The lowest BCUT2D eigenvalue weighted by Gasteiger charge is -1.99. The maximum absolute atomic E-state index is 10.8. The first-order chi connectivity index (χ1) is 6.70. The molecule has 0 radical (unpaired) electrons. The van der Waals surface area contributed by atoms with Crippen LogP contribution in [-0.2, 0) is 4.79 Å². The zero-order valence-corrected chi connectivity index (χ0v) is 7.65. The summed E-state index contributed by atoms with van der Waals surface area (Å²) in [5.41, 5.74) is 0.160. The lowest BCUT2D eigenvalue weighted by molar-refractivity contribution is -0.132. The van der Waals surface area contributed by atoms with E-state index in [-0.39, 0.29) is 11.1 Å². The molecule has 0 unspecified atom stereocenters. The Morgan fingerprint density at radius 1 is 1.71 bits per heavy atom. The third-order valence-electron chi connectivity index (χ3n) is 1.79. The highest BCUT2D eigenvalue weighted by atomic mass is 16.4. The van der Waals surface area contributed by atoms with Crippen molar-refractivity contribution in [2.45, 2.75) is 13.3 Å². The molecule has 0 aliphatic rings. The van der Waals surface area contributed by atoms with Gasteiger partial charge in [0.25, 0.3) is 0 Å². The summed E-state index contributed by atoms with van der Waals surface area (Å²) < 4.78 is 4.98. The molecule has 0 spiro atoms. The Kier molecular flexibility index (Phi) is 3.08. The Morgan fingerprint density at radius 3 is 2.79 bits per heavy atom. The van der Waals surface area contributed by atoms with Crippen LogP contribution in [0.2, 0.25) is 0 Å². The fourth-order valence-corrected chi connectivity index (χ4v) is 1.13. The standard InChI is InChI=1S/C10H9NO3/c1-2-7(10(12)13)8(6-11)9-4-3-5-14-9/h3-5H,2H2,1H3,(H,12,13)/b8-7-.